The first-order valence-corrected chi connectivity index (χ1v) is 8.66. The van der Waals surface area contributed by atoms with Crippen LogP contribution in [0.25, 0.3) is 0 Å². The zero-order valence-corrected chi connectivity index (χ0v) is 15.4. The van der Waals surface area contributed by atoms with Crippen molar-refractivity contribution >= 4 is 17.3 Å². The van der Waals surface area contributed by atoms with Crippen LogP contribution in [0.1, 0.15) is 17.0 Å². The second kappa shape index (κ2) is 8.68. The third-order valence-corrected chi connectivity index (χ3v) is 4.00. The van der Waals surface area contributed by atoms with Crippen LogP contribution in [0.4, 0.5) is 17.3 Å². The molecule has 0 fully saturated rings. The van der Waals surface area contributed by atoms with Gasteiger partial charge in [-0.05, 0) is 43.2 Å². The third-order valence-electron chi connectivity index (χ3n) is 4.00. The lowest BCUT2D eigenvalue weighted by Gasteiger charge is -2.11. The van der Waals surface area contributed by atoms with Crippen molar-refractivity contribution in [1.29, 1.82) is 5.26 Å². The second-order valence-corrected chi connectivity index (χ2v) is 5.99. The average molecular weight is 359 g/mol. The quantitative estimate of drug-likeness (QED) is 0.662. The summed E-state index contributed by atoms with van der Waals surface area (Å²) >= 11 is 0. The Kier molecular flexibility index (Phi) is 5.85. The fraction of sp³-hybridized carbons (Fsp3) is 0.190. The largest absolute Gasteiger partial charge is 0.496 e. The summed E-state index contributed by atoms with van der Waals surface area (Å²) in [5, 5.41) is 15.6. The summed E-state index contributed by atoms with van der Waals surface area (Å²) in [5.74, 6) is 2.97. The van der Waals surface area contributed by atoms with Crippen LogP contribution in [-0.2, 0) is 6.42 Å². The van der Waals surface area contributed by atoms with Gasteiger partial charge >= 0.3 is 0 Å². The Morgan fingerprint density at radius 2 is 1.85 bits per heavy atom. The van der Waals surface area contributed by atoms with Gasteiger partial charge in [0.2, 0.25) is 0 Å². The molecule has 0 aliphatic heterocycles. The van der Waals surface area contributed by atoms with Gasteiger partial charge in [0, 0.05) is 18.3 Å². The molecule has 1 aromatic heterocycles. The number of ether oxygens (including phenoxy) is 1. The number of aromatic nitrogens is 2. The van der Waals surface area contributed by atoms with Crippen molar-refractivity contribution in [3.05, 3.63) is 71.5 Å². The molecule has 0 aliphatic rings. The maximum atomic E-state index is 9.02. The van der Waals surface area contributed by atoms with Crippen LogP contribution in [0.2, 0.25) is 0 Å². The Morgan fingerprint density at radius 3 is 2.67 bits per heavy atom. The van der Waals surface area contributed by atoms with Gasteiger partial charge in [-0.2, -0.15) is 5.26 Å². The van der Waals surface area contributed by atoms with Crippen LogP contribution in [0.5, 0.6) is 5.75 Å². The highest BCUT2D eigenvalue weighted by atomic mass is 16.5. The van der Waals surface area contributed by atoms with Crippen LogP contribution >= 0.6 is 0 Å². The second-order valence-electron chi connectivity index (χ2n) is 5.99. The Morgan fingerprint density at radius 1 is 1.04 bits per heavy atom. The number of nitrogens with zero attached hydrogens (tertiary/aromatic N) is 3. The zero-order valence-electron chi connectivity index (χ0n) is 15.4. The van der Waals surface area contributed by atoms with Gasteiger partial charge in [-0.15, -0.1) is 0 Å². The highest BCUT2D eigenvalue weighted by Crippen LogP contribution is 2.20. The molecule has 2 N–H and O–H groups in total. The molecule has 3 aromatic rings. The molecule has 0 unspecified atom stereocenters. The molecule has 0 saturated heterocycles. The SMILES string of the molecule is COc1ccccc1CCNc1cc(Nc2cccc(C#N)c2)nc(C)n1. The lowest BCUT2D eigenvalue weighted by molar-refractivity contribution is 0.410. The summed E-state index contributed by atoms with van der Waals surface area (Å²) in [6, 6.07) is 19.2. The smallest absolute Gasteiger partial charge is 0.136 e. The van der Waals surface area contributed by atoms with E-state index in [1.165, 1.54) is 0 Å². The van der Waals surface area contributed by atoms with Crippen molar-refractivity contribution in [3.8, 4) is 11.8 Å². The molecule has 2 aromatic carbocycles. The van der Waals surface area contributed by atoms with E-state index in [0.717, 1.165) is 35.8 Å². The first kappa shape index (κ1) is 18.2. The van der Waals surface area contributed by atoms with Gasteiger partial charge in [-0.1, -0.05) is 24.3 Å². The van der Waals surface area contributed by atoms with Gasteiger partial charge in [0.1, 0.15) is 23.2 Å². The van der Waals surface area contributed by atoms with Crippen molar-refractivity contribution in [2.24, 2.45) is 0 Å². The molecule has 6 heteroatoms. The molecule has 27 heavy (non-hydrogen) atoms. The molecule has 6 nitrogen and oxygen atoms in total. The van der Waals surface area contributed by atoms with Crippen LogP contribution in [-0.4, -0.2) is 23.6 Å². The van der Waals surface area contributed by atoms with Crippen LogP contribution in [0.3, 0.4) is 0 Å². The number of methoxy groups -OCH3 is 1. The Hall–Kier alpha value is -3.59. The van der Waals surface area contributed by atoms with Gasteiger partial charge in [-0.3, -0.25) is 0 Å². The highest BCUT2D eigenvalue weighted by Gasteiger charge is 2.05. The van der Waals surface area contributed by atoms with Gasteiger partial charge in [-0.25, -0.2) is 9.97 Å². The molecule has 0 radical (unpaired) electrons. The van der Waals surface area contributed by atoms with Crippen molar-refractivity contribution in [2.75, 3.05) is 24.3 Å². The minimum Gasteiger partial charge on any atom is -0.496 e. The van der Waals surface area contributed by atoms with E-state index in [1.807, 2.05) is 43.3 Å². The molecule has 0 aliphatic carbocycles. The van der Waals surface area contributed by atoms with E-state index in [9.17, 15) is 0 Å². The Bertz CT molecular complexity index is 965. The van der Waals surface area contributed by atoms with Gasteiger partial charge < -0.3 is 15.4 Å². The summed E-state index contributed by atoms with van der Waals surface area (Å²) in [4.78, 5) is 8.85. The number of aryl methyl sites for hydroxylation is 1. The number of rotatable bonds is 7. The lowest BCUT2D eigenvalue weighted by Crippen LogP contribution is -2.09. The summed E-state index contributed by atoms with van der Waals surface area (Å²) < 4.78 is 5.39. The van der Waals surface area contributed by atoms with Crippen LogP contribution in [0.15, 0.2) is 54.6 Å². The van der Waals surface area contributed by atoms with Gasteiger partial charge in [0.05, 0.1) is 18.7 Å². The number of para-hydroxylation sites is 1. The van der Waals surface area contributed by atoms with E-state index in [-0.39, 0.29) is 0 Å². The van der Waals surface area contributed by atoms with E-state index in [2.05, 4.69) is 32.7 Å². The number of hydrogen-bond acceptors (Lipinski definition) is 6. The number of nitriles is 1. The van der Waals surface area contributed by atoms with E-state index < -0.39 is 0 Å². The third kappa shape index (κ3) is 4.95. The fourth-order valence-corrected chi connectivity index (χ4v) is 2.77. The first-order valence-electron chi connectivity index (χ1n) is 8.66. The number of nitrogens with one attached hydrogen (secondary N) is 2. The number of anilines is 3. The molecular formula is C21H21N5O. The zero-order chi connectivity index (χ0) is 19.1. The highest BCUT2D eigenvalue weighted by molar-refractivity contribution is 5.61. The molecule has 0 bridgehead atoms. The predicted molar refractivity (Wildman–Crippen MR) is 106 cm³/mol. The minimum absolute atomic E-state index is 0.598. The minimum atomic E-state index is 0.598. The van der Waals surface area contributed by atoms with Gasteiger partial charge in [0.15, 0.2) is 0 Å². The molecule has 136 valence electrons. The fourth-order valence-electron chi connectivity index (χ4n) is 2.77. The molecular weight excluding hydrogens is 338 g/mol. The van der Waals surface area contributed by atoms with E-state index >= 15 is 0 Å². The summed E-state index contributed by atoms with van der Waals surface area (Å²) in [6.45, 7) is 2.57. The maximum absolute atomic E-state index is 9.02. The molecule has 0 saturated carbocycles. The Labute approximate surface area is 158 Å². The summed E-state index contributed by atoms with van der Waals surface area (Å²) in [7, 11) is 1.68. The van der Waals surface area contributed by atoms with Crippen molar-refractivity contribution in [3.63, 3.8) is 0 Å². The molecule has 0 atom stereocenters. The van der Waals surface area contributed by atoms with E-state index in [4.69, 9.17) is 10.00 Å². The average Bonchev–Trinajstić information content (AvgIpc) is 2.68. The van der Waals surface area contributed by atoms with Crippen molar-refractivity contribution in [1.82, 2.24) is 9.97 Å². The van der Waals surface area contributed by atoms with Crippen LogP contribution in [0, 0.1) is 18.3 Å². The van der Waals surface area contributed by atoms with Crippen LogP contribution < -0.4 is 15.4 Å². The van der Waals surface area contributed by atoms with Crippen molar-refractivity contribution in [2.45, 2.75) is 13.3 Å². The number of benzene rings is 2. The molecule has 3 rings (SSSR count). The molecule has 0 spiro atoms. The summed E-state index contributed by atoms with van der Waals surface area (Å²) in [5.41, 5.74) is 2.55. The van der Waals surface area contributed by atoms with Crippen molar-refractivity contribution < 1.29 is 4.74 Å². The maximum Gasteiger partial charge on any atom is 0.136 e. The van der Waals surface area contributed by atoms with Gasteiger partial charge in [0.25, 0.3) is 0 Å². The number of hydrogen-bond donors (Lipinski definition) is 2. The molecule has 1 heterocycles. The molecule has 0 amide bonds. The predicted octanol–water partition coefficient (Wildman–Crippen LogP) is 4.06. The van der Waals surface area contributed by atoms with E-state index in [1.54, 1.807) is 19.2 Å². The monoisotopic (exact) mass is 359 g/mol. The normalized spacial score (nSPS) is 10.1. The topological polar surface area (TPSA) is 82.9 Å². The first-order chi connectivity index (χ1) is 13.2. The van der Waals surface area contributed by atoms with E-state index in [0.29, 0.717) is 17.2 Å². The lowest BCUT2D eigenvalue weighted by atomic mass is 10.1. The Balaban J connectivity index is 1.67. The summed E-state index contributed by atoms with van der Waals surface area (Å²) in [6.07, 6.45) is 0.819. The standard InChI is InChI=1S/C21H21N5O/c1-15-24-20(23-11-10-17-7-3-4-9-19(17)27-2)13-21(25-15)26-18-8-5-6-16(12-18)14-22/h3-9,12-13H,10-11H2,1-2H3,(H2,23,24,25,26).